The quantitative estimate of drug-likeness (QED) is 0.877. The Morgan fingerprint density at radius 2 is 2.14 bits per heavy atom. The lowest BCUT2D eigenvalue weighted by Crippen LogP contribution is -2.41. The minimum atomic E-state index is -0.294. The van der Waals surface area contributed by atoms with Crippen LogP contribution in [-0.2, 0) is 4.74 Å². The Kier molecular flexibility index (Phi) is 5.45. The van der Waals surface area contributed by atoms with Gasteiger partial charge in [-0.1, -0.05) is 0 Å². The Labute approximate surface area is 135 Å². The van der Waals surface area contributed by atoms with Crippen LogP contribution in [0.5, 0.6) is 5.75 Å². The summed E-state index contributed by atoms with van der Waals surface area (Å²) in [5, 5.41) is 4.20. The summed E-state index contributed by atoms with van der Waals surface area (Å²) in [5.74, 6) is 0.683. The molecule has 0 aliphatic carbocycles. The minimum absolute atomic E-state index is 0. The Bertz CT molecular complexity index is 707. The Balaban J connectivity index is 0.00000176. The second-order valence-electron chi connectivity index (χ2n) is 5.31. The van der Waals surface area contributed by atoms with E-state index in [1.807, 2.05) is 19.1 Å². The molecule has 120 valence electrons. The van der Waals surface area contributed by atoms with Crippen LogP contribution < -0.4 is 15.7 Å². The molecule has 3 rings (SSSR count). The lowest BCUT2D eigenvalue weighted by molar-refractivity contribution is 0.000206. The van der Waals surface area contributed by atoms with E-state index in [4.69, 9.17) is 13.9 Å². The number of rotatable bonds is 3. The van der Waals surface area contributed by atoms with Crippen LogP contribution in [0.15, 0.2) is 27.4 Å². The SMILES string of the molecule is Cc1c(C)c2ccc(OCC3CNCCO3)cc2oc1=O.Cl. The molecule has 1 aromatic carbocycles. The van der Waals surface area contributed by atoms with Gasteiger partial charge in [-0.2, -0.15) is 0 Å². The minimum Gasteiger partial charge on any atom is -0.491 e. The first kappa shape index (κ1) is 16.8. The summed E-state index contributed by atoms with van der Waals surface area (Å²) < 4.78 is 16.6. The first-order valence-electron chi connectivity index (χ1n) is 7.14. The molecule has 0 saturated carbocycles. The molecule has 22 heavy (non-hydrogen) atoms. The van der Waals surface area contributed by atoms with Crippen molar-refractivity contribution >= 4 is 23.4 Å². The van der Waals surface area contributed by atoms with Gasteiger partial charge < -0.3 is 19.2 Å². The normalized spacial score (nSPS) is 18.0. The fraction of sp³-hybridized carbons (Fsp3) is 0.438. The van der Waals surface area contributed by atoms with E-state index in [0.29, 0.717) is 30.1 Å². The zero-order chi connectivity index (χ0) is 14.8. The summed E-state index contributed by atoms with van der Waals surface area (Å²) in [6, 6.07) is 5.58. The topological polar surface area (TPSA) is 60.7 Å². The number of benzene rings is 1. The van der Waals surface area contributed by atoms with E-state index in [1.165, 1.54) is 0 Å². The first-order valence-corrected chi connectivity index (χ1v) is 7.14. The maximum Gasteiger partial charge on any atom is 0.339 e. The van der Waals surface area contributed by atoms with Crippen LogP contribution in [0.1, 0.15) is 11.1 Å². The van der Waals surface area contributed by atoms with Gasteiger partial charge in [0.2, 0.25) is 0 Å². The van der Waals surface area contributed by atoms with E-state index < -0.39 is 0 Å². The highest BCUT2D eigenvalue weighted by Crippen LogP contribution is 2.24. The standard InChI is InChI=1S/C16H19NO4.ClH/c1-10-11(2)16(18)21-15-7-12(3-4-14(10)15)20-9-13-8-17-5-6-19-13;/h3-4,7,13,17H,5-6,8-9H2,1-2H3;1H. The van der Waals surface area contributed by atoms with Crippen LogP contribution in [0, 0.1) is 13.8 Å². The summed E-state index contributed by atoms with van der Waals surface area (Å²) in [4.78, 5) is 11.7. The number of aryl methyl sites for hydroxylation is 1. The van der Waals surface area contributed by atoms with Gasteiger partial charge in [-0.3, -0.25) is 0 Å². The van der Waals surface area contributed by atoms with Gasteiger partial charge in [0.15, 0.2) is 0 Å². The lowest BCUT2D eigenvalue weighted by Gasteiger charge is -2.23. The Morgan fingerprint density at radius 3 is 2.86 bits per heavy atom. The highest BCUT2D eigenvalue weighted by Gasteiger charge is 2.14. The van der Waals surface area contributed by atoms with Gasteiger partial charge in [0, 0.05) is 30.1 Å². The Hall–Kier alpha value is -1.56. The van der Waals surface area contributed by atoms with Gasteiger partial charge in [-0.05, 0) is 31.5 Å². The Morgan fingerprint density at radius 1 is 1.32 bits per heavy atom. The fourth-order valence-electron chi connectivity index (χ4n) is 2.43. The molecule has 1 aromatic heterocycles. The van der Waals surface area contributed by atoms with Crippen LogP contribution >= 0.6 is 12.4 Å². The number of ether oxygens (including phenoxy) is 2. The molecule has 0 amide bonds. The molecular weight excluding hydrogens is 306 g/mol. The largest absolute Gasteiger partial charge is 0.491 e. The summed E-state index contributed by atoms with van der Waals surface area (Å²) in [7, 11) is 0. The van der Waals surface area contributed by atoms with Crippen molar-refractivity contribution in [1.82, 2.24) is 5.32 Å². The molecule has 2 aromatic rings. The van der Waals surface area contributed by atoms with E-state index in [9.17, 15) is 4.79 Å². The molecule has 1 aliphatic rings. The number of hydrogen-bond acceptors (Lipinski definition) is 5. The maximum absolute atomic E-state index is 11.7. The molecular formula is C16H20ClNO4. The molecule has 1 saturated heterocycles. The zero-order valence-corrected chi connectivity index (χ0v) is 13.5. The summed E-state index contributed by atoms with van der Waals surface area (Å²) in [5.41, 5.74) is 1.87. The summed E-state index contributed by atoms with van der Waals surface area (Å²) >= 11 is 0. The predicted molar refractivity (Wildman–Crippen MR) is 87.3 cm³/mol. The third-order valence-corrected chi connectivity index (χ3v) is 3.87. The lowest BCUT2D eigenvalue weighted by atomic mass is 10.1. The third kappa shape index (κ3) is 3.43. The smallest absolute Gasteiger partial charge is 0.339 e. The van der Waals surface area contributed by atoms with Gasteiger partial charge in [0.1, 0.15) is 24.0 Å². The van der Waals surface area contributed by atoms with Crippen molar-refractivity contribution in [1.29, 1.82) is 0 Å². The third-order valence-electron chi connectivity index (χ3n) is 3.87. The van der Waals surface area contributed by atoms with Crippen LogP contribution in [0.2, 0.25) is 0 Å². The van der Waals surface area contributed by atoms with Crippen molar-refractivity contribution < 1.29 is 13.9 Å². The van der Waals surface area contributed by atoms with Gasteiger partial charge in [0.05, 0.1) is 6.61 Å². The number of hydrogen-bond donors (Lipinski definition) is 1. The molecule has 5 nitrogen and oxygen atoms in total. The number of nitrogens with one attached hydrogen (secondary N) is 1. The van der Waals surface area contributed by atoms with Gasteiger partial charge in [-0.25, -0.2) is 4.79 Å². The number of morpholine rings is 1. The van der Waals surface area contributed by atoms with E-state index in [-0.39, 0.29) is 24.1 Å². The second kappa shape index (κ2) is 7.13. The zero-order valence-electron chi connectivity index (χ0n) is 12.7. The van der Waals surface area contributed by atoms with Crippen molar-refractivity contribution in [2.45, 2.75) is 20.0 Å². The highest BCUT2D eigenvalue weighted by molar-refractivity contribution is 5.85. The average Bonchev–Trinajstić information content (AvgIpc) is 2.51. The van der Waals surface area contributed by atoms with E-state index in [1.54, 1.807) is 13.0 Å². The van der Waals surface area contributed by atoms with Gasteiger partial charge >= 0.3 is 5.63 Å². The fourth-order valence-corrected chi connectivity index (χ4v) is 2.43. The summed E-state index contributed by atoms with van der Waals surface area (Å²) in [6.45, 7) is 6.57. The molecule has 0 bridgehead atoms. The average molecular weight is 326 g/mol. The highest BCUT2D eigenvalue weighted by atomic mass is 35.5. The van der Waals surface area contributed by atoms with Gasteiger partial charge in [-0.15, -0.1) is 12.4 Å². The van der Waals surface area contributed by atoms with Crippen molar-refractivity contribution in [2.24, 2.45) is 0 Å². The van der Waals surface area contributed by atoms with E-state index >= 15 is 0 Å². The number of halogens is 1. The van der Waals surface area contributed by atoms with E-state index in [2.05, 4.69) is 5.32 Å². The monoisotopic (exact) mass is 325 g/mol. The van der Waals surface area contributed by atoms with Crippen molar-refractivity contribution in [3.8, 4) is 5.75 Å². The number of fused-ring (bicyclic) bond motifs is 1. The molecule has 1 N–H and O–H groups in total. The molecule has 1 atom stereocenters. The van der Waals surface area contributed by atoms with Crippen molar-refractivity contribution in [3.05, 3.63) is 39.7 Å². The van der Waals surface area contributed by atoms with Crippen molar-refractivity contribution in [3.63, 3.8) is 0 Å². The van der Waals surface area contributed by atoms with Crippen LogP contribution in [0.4, 0.5) is 0 Å². The second-order valence-corrected chi connectivity index (χ2v) is 5.31. The maximum atomic E-state index is 11.7. The molecule has 1 fully saturated rings. The first-order chi connectivity index (χ1) is 10.1. The molecule has 0 radical (unpaired) electrons. The van der Waals surface area contributed by atoms with Crippen LogP contribution in [0.25, 0.3) is 11.0 Å². The van der Waals surface area contributed by atoms with E-state index in [0.717, 1.165) is 24.0 Å². The predicted octanol–water partition coefficient (Wildman–Crippen LogP) is 2.20. The van der Waals surface area contributed by atoms with Crippen LogP contribution in [0.3, 0.4) is 0 Å². The van der Waals surface area contributed by atoms with Crippen molar-refractivity contribution in [2.75, 3.05) is 26.3 Å². The molecule has 2 heterocycles. The van der Waals surface area contributed by atoms with Crippen LogP contribution in [-0.4, -0.2) is 32.4 Å². The molecule has 0 spiro atoms. The van der Waals surface area contributed by atoms with Gasteiger partial charge in [0.25, 0.3) is 0 Å². The molecule has 1 unspecified atom stereocenters. The summed E-state index contributed by atoms with van der Waals surface area (Å²) in [6.07, 6.45) is 0.0567. The molecule has 6 heteroatoms. The molecule has 1 aliphatic heterocycles.